The van der Waals surface area contributed by atoms with E-state index in [0.717, 1.165) is 17.7 Å². The molecule has 0 saturated carbocycles. The monoisotopic (exact) mass is 101 g/mol. The lowest BCUT2D eigenvalue weighted by atomic mass is 10.1. The highest BCUT2D eigenvalue weighted by atomic mass is 32.1. The molecule has 0 N–H and O–H groups in total. The normalized spacial score (nSPS) is 18.3. The van der Waals surface area contributed by atoms with E-state index in [9.17, 15) is 4.21 Å². The van der Waals surface area contributed by atoms with Crippen molar-refractivity contribution in [3.63, 3.8) is 0 Å². The Balaban J connectivity index is 2.52. The Hall–Kier alpha value is -0.240. The summed E-state index contributed by atoms with van der Waals surface area (Å²) in [5.74, 6) is 0. The molecule has 0 aromatic rings. The molecule has 1 aliphatic carbocycles. The van der Waals surface area contributed by atoms with Gasteiger partial charge in [-0.25, -0.2) is 0 Å². The van der Waals surface area contributed by atoms with Crippen LogP contribution in [0.3, 0.4) is 0 Å². The SMILES string of the molecule is O=[S+]C1=CCC1. The fourth-order valence-electron chi connectivity index (χ4n) is 0.338. The third-order valence-electron chi connectivity index (χ3n) is 0.870. The minimum absolute atomic E-state index is 0.623. The highest BCUT2D eigenvalue weighted by molar-refractivity contribution is 7.70. The first-order valence-corrected chi connectivity index (χ1v) is 2.66. The van der Waals surface area contributed by atoms with Crippen LogP contribution in [0.5, 0.6) is 0 Å². The zero-order chi connectivity index (χ0) is 4.41. The first-order valence-electron chi connectivity index (χ1n) is 1.92. The molecule has 1 nitrogen and oxygen atoms in total. The molecule has 0 aromatic carbocycles. The maximum atomic E-state index is 9.76. The van der Waals surface area contributed by atoms with E-state index >= 15 is 0 Å². The van der Waals surface area contributed by atoms with Crippen LogP contribution in [0.25, 0.3) is 0 Å². The van der Waals surface area contributed by atoms with Crippen molar-refractivity contribution in [3.8, 4) is 0 Å². The summed E-state index contributed by atoms with van der Waals surface area (Å²) in [6.07, 6.45) is 4.11. The lowest BCUT2D eigenvalue weighted by Gasteiger charge is -1.91. The van der Waals surface area contributed by atoms with E-state index in [1.165, 1.54) is 0 Å². The van der Waals surface area contributed by atoms with Crippen molar-refractivity contribution in [2.24, 2.45) is 0 Å². The largest absolute Gasteiger partial charge is 0.499 e. The van der Waals surface area contributed by atoms with Gasteiger partial charge in [0.05, 0.1) is 0 Å². The first kappa shape index (κ1) is 3.93. The third-order valence-corrected chi connectivity index (χ3v) is 1.45. The topological polar surface area (TPSA) is 17.1 Å². The Bertz CT molecular complexity index is 95.7. The quantitative estimate of drug-likeness (QED) is 0.452. The van der Waals surface area contributed by atoms with Crippen molar-refractivity contribution < 1.29 is 4.21 Å². The highest BCUT2D eigenvalue weighted by Gasteiger charge is 2.16. The molecule has 32 valence electrons. The fourth-order valence-corrected chi connectivity index (χ4v) is 0.725. The van der Waals surface area contributed by atoms with Gasteiger partial charge in [-0.1, -0.05) is 0 Å². The first-order chi connectivity index (χ1) is 2.93. The number of hydrogen-bond donors (Lipinski definition) is 0. The van der Waals surface area contributed by atoms with Crippen LogP contribution in [0.4, 0.5) is 0 Å². The summed E-state index contributed by atoms with van der Waals surface area (Å²) < 4.78 is 9.76. The predicted octanol–water partition coefficient (Wildman–Crippen LogP) is 1.09. The second-order valence-corrected chi connectivity index (χ2v) is 1.98. The van der Waals surface area contributed by atoms with E-state index < -0.39 is 0 Å². The third kappa shape index (κ3) is 0.476. The maximum absolute atomic E-state index is 9.76. The molecule has 0 aliphatic heterocycles. The zero-order valence-corrected chi connectivity index (χ0v) is 4.12. The Labute approximate surface area is 40.5 Å². The molecule has 0 atom stereocenters. The molecule has 0 saturated heterocycles. The number of rotatable bonds is 1. The van der Waals surface area contributed by atoms with Crippen molar-refractivity contribution in [1.29, 1.82) is 0 Å². The second kappa shape index (κ2) is 1.47. The Kier molecular flexibility index (Phi) is 0.965. The highest BCUT2D eigenvalue weighted by Crippen LogP contribution is 2.15. The van der Waals surface area contributed by atoms with E-state index in [2.05, 4.69) is 0 Å². The second-order valence-electron chi connectivity index (χ2n) is 1.29. The summed E-state index contributed by atoms with van der Waals surface area (Å²) in [7, 11) is 0. The Morgan fingerprint density at radius 2 is 2.50 bits per heavy atom. The van der Waals surface area contributed by atoms with Crippen LogP contribution in [0.15, 0.2) is 11.0 Å². The molecule has 0 aromatic heterocycles. The van der Waals surface area contributed by atoms with Crippen molar-refractivity contribution >= 4 is 11.7 Å². The molecule has 1 aliphatic rings. The molecule has 0 fully saturated rings. The van der Waals surface area contributed by atoms with Crippen LogP contribution in [-0.4, -0.2) is 0 Å². The van der Waals surface area contributed by atoms with Gasteiger partial charge in [-0.05, 0) is 12.5 Å². The minimum atomic E-state index is 0.623. The van der Waals surface area contributed by atoms with E-state index in [0.29, 0.717) is 11.7 Å². The summed E-state index contributed by atoms with van der Waals surface area (Å²) in [6.45, 7) is 0. The molecular weight excluding hydrogens is 96.1 g/mol. The van der Waals surface area contributed by atoms with Crippen LogP contribution in [0, 0.1) is 0 Å². The molecule has 1 rings (SSSR count). The van der Waals surface area contributed by atoms with E-state index in [1.54, 1.807) is 0 Å². The minimum Gasteiger partial charge on any atom is -0.0203 e. The van der Waals surface area contributed by atoms with Gasteiger partial charge in [0.1, 0.15) is 0 Å². The van der Waals surface area contributed by atoms with Crippen molar-refractivity contribution in [2.75, 3.05) is 0 Å². The molecule has 0 heterocycles. The van der Waals surface area contributed by atoms with E-state index in [1.807, 2.05) is 6.08 Å². The molecule has 0 bridgehead atoms. The maximum Gasteiger partial charge on any atom is 0.499 e. The van der Waals surface area contributed by atoms with Crippen LogP contribution in [0.1, 0.15) is 12.8 Å². The van der Waals surface area contributed by atoms with Crippen molar-refractivity contribution in [1.82, 2.24) is 0 Å². The Morgan fingerprint density at radius 1 is 1.83 bits per heavy atom. The van der Waals surface area contributed by atoms with Gasteiger partial charge in [-0.2, -0.15) is 0 Å². The van der Waals surface area contributed by atoms with Gasteiger partial charge in [-0.15, -0.1) is 0 Å². The van der Waals surface area contributed by atoms with Crippen molar-refractivity contribution in [3.05, 3.63) is 11.0 Å². The van der Waals surface area contributed by atoms with Crippen LogP contribution in [-0.2, 0) is 15.9 Å². The summed E-state index contributed by atoms with van der Waals surface area (Å²) in [5.41, 5.74) is 0. The number of allylic oxidation sites excluding steroid dienone is 2. The zero-order valence-electron chi connectivity index (χ0n) is 3.31. The van der Waals surface area contributed by atoms with Crippen LogP contribution >= 0.6 is 0 Å². The summed E-state index contributed by atoms with van der Waals surface area (Å²) in [6, 6.07) is 0. The lowest BCUT2D eigenvalue weighted by Crippen LogP contribution is -1.88. The van der Waals surface area contributed by atoms with E-state index in [4.69, 9.17) is 0 Å². The average Bonchev–Trinajstić information content (AvgIpc) is 1.31. The van der Waals surface area contributed by atoms with Gasteiger partial charge in [0.2, 0.25) is 0 Å². The average molecular weight is 101 g/mol. The molecule has 0 spiro atoms. The van der Waals surface area contributed by atoms with Crippen molar-refractivity contribution in [2.45, 2.75) is 12.8 Å². The van der Waals surface area contributed by atoms with Gasteiger partial charge < -0.3 is 0 Å². The molecule has 0 unspecified atom stereocenters. The van der Waals surface area contributed by atoms with Gasteiger partial charge in [0.25, 0.3) is 4.91 Å². The predicted molar refractivity (Wildman–Crippen MR) is 25.4 cm³/mol. The molecule has 2 heteroatoms. The smallest absolute Gasteiger partial charge is 0.0203 e. The fraction of sp³-hybridized carbons (Fsp3) is 0.500. The van der Waals surface area contributed by atoms with Gasteiger partial charge in [-0.3, -0.25) is 0 Å². The molecule has 0 radical (unpaired) electrons. The Morgan fingerprint density at radius 3 is 2.50 bits per heavy atom. The van der Waals surface area contributed by atoms with Gasteiger partial charge in [0.15, 0.2) is 0 Å². The molecular formula is C4H5OS+. The summed E-state index contributed by atoms with van der Waals surface area (Å²) in [4.78, 5) is 1.01. The van der Waals surface area contributed by atoms with Gasteiger partial charge in [0, 0.05) is 10.6 Å². The summed E-state index contributed by atoms with van der Waals surface area (Å²) in [5, 5.41) is 0. The lowest BCUT2D eigenvalue weighted by molar-refractivity contribution is 0.605. The number of hydrogen-bond acceptors (Lipinski definition) is 1. The molecule has 6 heavy (non-hydrogen) atoms. The molecule has 0 amide bonds. The van der Waals surface area contributed by atoms with Crippen LogP contribution in [0.2, 0.25) is 0 Å². The van der Waals surface area contributed by atoms with Crippen LogP contribution < -0.4 is 0 Å². The summed E-state index contributed by atoms with van der Waals surface area (Å²) >= 11 is 0.623. The van der Waals surface area contributed by atoms with E-state index in [-0.39, 0.29) is 0 Å². The standard InChI is InChI=1S/C4H5OS/c5-6-4-2-1-3-4/h2H,1,3H2/q+1. The van der Waals surface area contributed by atoms with Gasteiger partial charge >= 0.3 is 11.7 Å².